The summed E-state index contributed by atoms with van der Waals surface area (Å²) in [5.41, 5.74) is 0. The lowest BCUT2D eigenvalue weighted by Gasteiger charge is -2.36. The average molecular weight is 280 g/mol. The molecule has 1 rings (SSSR count). The molecule has 0 bridgehead atoms. The van der Waals surface area contributed by atoms with Crippen molar-refractivity contribution in [1.82, 2.24) is 9.03 Å². The first-order chi connectivity index (χ1) is 8.51. The van der Waals surface area contributed by atoms with Crippen molar-refractivity contribution in [3.05, 3.63) is 0 Å². The van der Waals surface area contributed by atoms with Crippen molar-refractivity contribution in [2.24, 2.45) is 0 Å². The molecule has 0 spiro atoms. The van der Waals surface area contributed by atoms with E-state index in [0.29, 0.717) is 6.42 Å². The second-order valence-electron chi connectivity index (χ2n) is 4.10. The third-order valence-electron chi connectivity index (χ3n) is 2.82. The van der Waals surface area contributed by atoms with Gasteiger partial charge in [-0.15, -0.1) is 0 Å². The van der Waals surface area contributed by atoms with Crippen molar-refractivity contribution < 1.29 is 23.1 Å². The van der Waals surface area contributed by atoms with Crippen LogP contribution >= 0.6 is 0 Å². The molecular weight excluding hydrogens is 260 g/mol. The van der Waals surface area contributed by atoms with Crippen LogP contribution in [0.4, 0.5) is 4.79 Å². The van der Waals surface area contributed by atoms with Gasteiger partial charge in [-0.05, 0) is 26.2 Å². The molecule has 0 aromatic rings. The zero-order valence-corrected chi connectivity index (χ0v) is 11.3. The van der Waals surface area contributed by atoms with Gasteiger partial charge in [0, 0.05) is 19.2 Å². The minimum Gasteiger partial charge on any atom is -0.449 e. The number of carbonyl (C=O) groups is 1. The highest BCUT2D eigenvalue weighted by atomic mass is 32.2. The highest BCUT2D eigenvalue weighted by molar-refractivity contribution is 7.87. The second-order valence-corrected chi connectivity index (χ2v) is 5.72. The molecule has 1 saturated carbocycles. The van der Waals surface area contributed by atoms with Gasteiger partial charge in [-0.25, -0.2) is 9.52 Å². The molecule has 0 aromatic heterocycles. The maximum absolute atomic E-state index is 12.0. The van der Waals surface area contributed by atoms with E-state index in [4.69, 9.17) is 5.11 Å². The number of aliphatic hydroxyl groups is 1. The molecule has 0 heterocycles. The maximum Gasteiger partial charge on any atom is 0.421 e. The van der Waals surface area contributed by atoms with Crippen LogP contribution in [0.5, 0.6) is 0 Å². The molecule has 7 nitrogen and oxygen atoms in total. The Labute approximate surface area is 107 Å². The highest BCUT2D eigenvalue weighted by Crippen LogP contribution is 2.26. The smallest absolute Gasteiger partial charge is 0.421 e. The van der Waals surface area contributed by atoms with Gasteiger partial charge in [-0.3, -0.25) is 0 Å². The number of aliphatic hydroxyl groups excluding tert-OH is 1. The summed E-state index contributed by atoms with van der Waals surface area (Å²) in [5.74, 6) is 0. The summed E-state index contributed by atoms with van der Waals surface area (Å²) >= 11 is 0. The van der Waals surface area contributed by atoms with E-state index in [-0.39, 0.29) is 25.8 Å². The summed E-state index contributed by atoms with van der Waals surface area (Å²) in [6.07, 6.45) is 1.94. The van der Waals surface area contributed by atoms with Gasteiger partial charge in [0.05, 0.1) is 6.61 Å². The third kappa shape index (κ3) is 4.11. The van der Waals surface area contributed by atoms with Gasteiger partial charge in [-0.1, -0.05) is 6.42 Å². The normalized spacial score (nSPS) is 16.4. The first kappa shape index (κ1) is 15.2. The van der Waals surface area contributed by atoms with E-state index in [1.165, 1.54) is 4.31 Å². The van der Waals surface area contributed by atoms with Crippen molar-refractivity contribution in [2.75, 3.05) is 19.8 Å². The molecule has 106 valence electrons. The molecule has 1 amide bonds. The fourth-order valence-corrected chi connectivity index (χ4v) is 3.08. The number of rotatable bonds is 7. The Morgan fingerprint density at radius 1 is 1.50 bits per heavy atom. The summed E-state index contributed by atoms with van der Waals surface area (Å²) in [5, 5.41) is 8.79. The number of amides is 1. The molecule has 0 radical (unpaired) electrons. The number of hydrogen-bond acceptors (Lipinski definition) is 5. The molecule has 0 aliphatic heterocycles. The van der Waals surface area contributed by atoms with Gasteiger partial charge in [-0.2, -0.15) is 12.7 Å². The Morgan fingerprint density at radius 3 is 2.61 bits per heavy atom. The molecule has 0 atom stereocenters. The molecule has 0 unspecified atom stereocenters. The molecule has 0 saturated heterocycles. The van der Waals surface area contributed by atoms with Gasteiger partial charge in [0.25, 0.3) is 0 Å². The quantitative estimate of drug-likeness (QED) is 0.695. The lowest BCUT2D eigenvalue weighted by molar-refractivity contribution is 0.155. The van der Waals surface area contributed by atoms with Crippen LogP contribution in [0.1, 0.15) is 32.6 Å². The van der Waals surface area contributed by atoms with Crippen LogP contribution in [0.25, 0.3) is 0 Å². The van der Waals surface area contributed by atoms with Crippen LogP contribution in [0.3, 0.4) is 0 Å². The molecule has 0 aromatic carbocycles. The van der Waals surface area contributed by atoms with Crippen LogP contribution in [0.15, 0.2) is 0 Å². The van der Waals surface area contributed by atoms with Gasteiger partial charge in [0.15, 0.2) is 0 Å². The second kappa shape index (κ2) is 6.91. The predicted octanol–water partition coefficient (Wildman–Crippen LogP) is 0.214. The molecule has 2 N–H and O–H groups in total. The van der Waals surface area contributed by atoms with Crippen LogP contribution < -0.4 is 4.72 Å². The number of nitrogens with zero attached hydrogens (tertiary/aromatic N) is 1. The first-order valence-corrected chi connectivity index (χ1v) is 7.52. The van der Waals surface area contributed by atoms with E-state index in [9.17, 15) is 13.2 Å². The Balaban J connectivity index is 2.66. The summed E-state index contributed by atoms with van der Waals surface area (Å²) < 4.78 is 31.6. The Hall–Kier alpha value is -0.860. The predicted molar refractivity (Wildman–Crippen MR) is 65.1 cm³/mol. The Kier molecular flexibility index (Phi) is 5.83. The Morgan fingerprint density at radius 2 is 2.17 bits per heavy atom. The van der Waals surface area contributed by atoms with Gasteiger partial charge < -0.3 is 9.84 Å². The van der Waals surface area contributed by atoms with Crippen molar-refractivity contribution in [2.45, 2.75) is 38.6 Å². The third-order valence-corrected chi connectivity index (χ3v) is 4.34. The summed E-state index contributed by atoms with van der Waals surface area (Å²) in [7, 11) is -3.88. The number of hydrogen-bond donors (Lipinski definition) is 2. The largest absolute Gasteiger partial charge is 0.449 e. The fraction of sp³-hybridized carbons (Fsp3) is 0.900. The van der Waals surface area contributed by atoms with Crippen molar-refractivity contribution >= 4 is 16.3 Å². The highest BCUT2D eigenvalue weighted by Gasteiger charge is 2.34. The molecule has 1 fully saturated rings. The van der Waals surface area contributed by atoms with E-state index in [1.54, 1.807) is 6.92 Å². The summed E-state index contributed by atoms with van der Waals surface area (Å²) in [6, 6.07) is -0.0801. The zero-order chi connectivity index (χ0) is 13.6. The topological polar surface area (TPSA) is 95.9 Å². The van der Waals surface area contributed by atoms with E-state index < -0.39 is 16.3 Å². The summed E-state index contributed by atoms with van der Waals surface area (Å²) in [6.45, 7) is 1.83. The SMILES string of the molecule is CCOC(=O)NS(=O)(=O)N(CCCO)C1CCC1. The first-order valence-electron chi connectivity index (χ1n) is 6.08. The lowest BCUT2D eigenvalue weighted by Crippen LogP contribution is -2.51. The minimum atomic E-state index is -3.88. The molecule has 18 heavy (non-hydrogen) atoms. The number of carbonyl (C=O) groups excluding carboxylic acids is 1. The maximum atomic E-state index is 12.0. The number of nitrogens with one attached hydrogen (secondary N) is 1. The van der Waals surface area contributed by atoms with Crippen LogP contribution in [-0.4, -0.2) is 49.7 Å². The average Bonchev–Trinajstić information content (AvgIpc) is 2.20. The fourth-order valence-electron chi connectivity index (χ4n) is 1.72. The van der Waals surface area contributed by atoms with Crippen molar-refractivity contribution in [3.63, 3.8) is 0 Å². The number of ether oxygens (including phenoxy) is 1. The molecular formula is C10H20N2O5S. The lowest BCUT2D eigenvalue weighted by atomic mass is 9.93. The van der Waals surface area contributed by atoms with E-state index in [0.717, 1.165) is 19.3 Å². The summed E-state index contributed by atoms with van der Waals surface area (Å²) in [4.78, 5) is 11.2. The Bertz CT molecular complexity index is 366. The van der Waals surface area contributed by atoms with E-state index in [1.807, 2.05) is 4.72 Å². The molecule has 8 heteroatoms. The van der Waals surface area contributed by atoms with E-state index in [2.05, 4.69) is 4.74 Å². The minimum absolute atomic E-state index is 0.0801. The van der Waals surface area contributed by atoms with Crippen LogP contribution in [0.2, 0.25) is 0 Å². The van der Waals surface area contributed by atoms with Gasteiger partial charge in [0.1, 0.15) is 0 Å². The van der Waals surface area contributed by atoms with Crippen molar-refractivity contribution in [3.8, 4) is 0 Å². The van der Waals surface area contributed by atoms with Gasteiger partial charge in [0.2, 0.25) is 0 Å². The zero-order valence-electron chi connectivity index (χ0n) is 10.5. The van der Waals surface area contributed by atoms with E-state index >= 15 is 0 Å². The monoisotopic (exact) mass is 280 g/mol. The standard InChI is InChI=1S/C10H20N2O5S/c1-2-17-10(14)11-18(15,16)12(7-4-8-13)9-5-3-6-9/h9,13H,2-8H2,1H3,(H,11,14). The van der Waals surface area contributed by atoms with Crippen LogP contribution in [-0.2, 0) is 14.9 Å². The van der Waals surface area contributed by atoms with Crippen LogP contribution in [0, 0.1) is 0 Å². The van der Waals surface area contributed by atoms with Gasteiger partial charge >= 0.3 is 16.3 Å². The molecule has 1 aliphatic rings. The molecule has 1 aliphatic carbocycles. The van der Waals surface area contributed by atoms with Crippen molar-refractivity contribution in [1.29, 1.82) is 0 Å².